The highest BCUT2D eigenvalue weighted by Crippen LogP contribution is 2.26. The Bertz CT molecular complexity index is 769. The Kier molecular flexibility index (Phi) is 5.92. The molecule has 1 saturated heterocycles. The number of aromatic nitrogens is 4. The SMILES string of the molecule is CCCn1nccc1-c1cc(CC2CCN(C(=O)C(C)(C)C)CC2)ncn1. The zero-order valence-electron chi connectivity index (χ0n) is 17.0. The van der Waals surface area contributed by atoms with Crippen LogP contribution in [0.15, 0.2) is 24.7 Å². The van der Waals surface area contributed by atoms with Gasteiger partial charge in [-0.1, -0.05) is 27.7 Å². The molecule has 0 spiro atoms. The number of likely N-dealkylation sites (tertiary alicyclic amines) is 1. The fraction of sp³-hybridized carbons (Fsp3) is 0.619. The summed E-state index contributed by atoms with van der Waals surface area (Å²) in [5, 5.41) is 4.39. The van der Waals surface area contributed by atoms with Crippen LogP contribution in [0.1, 0.15) is 52.7 Å². The van der Waals surface area contributed by atoms with Crippen LogP contribution in [0.25, 0.3) is 11.4 Å². The highest BCUT2D eigenvalue weighted by Gasteiger charge is 2.30. The number of amides is 1. The van der Waals surface area contributed by atoms with E-state index in [9.17, 15) is 4.79 Å². The highest BCUT2D eigenvalue weighted by atomic mass is 16.2. The van der Waals surface area contributed by atoms with Gasteiger partial charge in [-0.3, -0.25) is 9.48 Å². The van der Waals surface area contributed by atoms with Crippen LogP contribution >= 0.6 is 0 Å². The number of hydrogen-bond donors (Lipinski definition) is 0. The van der Waals surface area contributed by atoms with Crippen molar-refractivity contribution in [3.63, 3.8) is 0 Å². The lowest BCUT2D eigenvalue weighted by molar-refractivity contribution is -0.140. The van der Waals surface area contributed by atoms with Gasteiger partial charge < -0.3 is 4.90 Å². The number of carbonyl (C=O) groups excluding carboxylic acids is 1. The van der Waals surface area contributed by atoms with Crippen molar-refractivity contribution in [3.05, 3.63) is 30.4 Å². The predicted octanol–water partition coefficient (Wildman–Crippen LogP) is 3.58. The van der Waals surface area contributed by atoms with Gasteiger partial charge in [-0.15, -0.1) is 0 Å². The molecule has 6 nitrogen and oxygen atoms in total. The summed E-state index contributed by atoms with van der Waals surface area (Å²) < 4.78 is 2.00. The van der Waals surface area contributed by atoms with E-state index in [-0.39, 0.29) is 11.3 Å². The van der Waals surface area contributed by atoms with Gasteiger partial charge in [0, 0.05) is 36.9 Å². The zero-order valence-corrected chi connectivity index (χ0v) is 17.0. The van der Waals surface area contributed by atoms with Crippen molar-refractivity contribution in [2.45, 2.75) is 59.9 Å². The van der Waals surface area contributed by atoms with Gasteiger partial charge >= 0.3 is 0 Å². The van der Waals surface area contributed by atoms with Gasteiger partial charge in [0.25, 0.3) is 0 Å². The minimum atomic E-state index is -0.296. The number of carbonyl (C=O) groups is 1. The maximum atomic E-state index is 12.4. The Labute approximate surface area is 162 Å². The molecule has 0 aromatic carbocycles. The molecule has 2 aromatic heterocycles. The molecular weight excluding hydrogens is 338 g/mol. The Morgan fingerprint density at radius 1 is 1.22 bits per heavy atom. The van der Waals surface area contributed by atoms with E-state index in [1.54, 1.807) is 6.33 Å². The summed E-state index contributed by atoms with van der Waals surface area (Å²) in [6, 6.07) is 4.11. The Hall–Kier alpha value is -2.24. The molecule has 146 valence electrons. The van der Waals surface area contributed by atoms with Gasteiger partial charge in [0.15, 0.2) is 0 Å². The highest BCUT2D eigenvalue weighted by molar-refractivity contribution is 5.81. The van der Waals surface area contributed by atoms with Crippen molar-refractivity contribution in [2.24, 2.45) is 11.3 Å². The van der Waals surface area contributed by atoms with Gasteiger partial charge in [-0.25, -0.2) is 9.97 Å². The summed E-state index contributed by atoms with van der Waals surface area (Å²) in [5.41, 5.74) is 2.76. The third-order valence-electron chi connectivity index (χ3n) is 5.18. The van der Waals surface area contributed by atoms with E-state index in [2.05, 4.69) is 28.1 Å². The Balaban J connectivity index is 1.63. The predicted molar refractivity (Wildman–Crippen MR) is 106 cm³/mol. The number of aryl methyl sites for hydroxylation is 1. The average molecular weight is 370 g/mol. The summed E-state index contributed by atoms with van der Waals surface area (Å²) in [7, 11) is 0. The Morgan fingerprint density at radius 3 is 2.63 bits per heavy atom. The second kappa shape index (κ2) is 8.19. The zero-order chi connectivity index (χ0) is 19.4. The molecule has 1 aliphatic rings. The number of rotatable bonds is 5. The normalized spacial score (nSPS) is 15.9. The Morgan fingerprint density at radius 2 is 1.96 bits per heavy atom. The van der Waals surface area contributed by atoms with Gasteiger partial charge in [0.2, 0.25) is 5.91 Å². The average Bonchev–Trinajstić information content (AvgIpc) is 3.10. The van der Waals surface area contributed by atoms with E-state index in [0.717, 1.165) is 62.4 Å². The summed E-state index contributed by atoms with van der Waals surface area (Å²) in [4.78, 5) is 23.4. The third-order valence-corrected chi connectivity index (χ3v) is 5.18. The summed E-state index contributed by atoms with van der Waals surface area (Å²) in [5.74, 6) is 0.826. The molecule has 0 unspecified atom stereocenters. The summed E-state index contributed by atoms with van der Waals surface area (Å²) >= 11 is 0. The van der Waals surface area contributed by atoms with Crippen molar-refractivity contribution < 1.29 is 4.79 Å². The van der Waals surface area contributed by atoms with Crippen LogP contribution in [0.5, 0.6) is 0 Å². The number of hydrogen-bond acceptors (Lipinski definition) is 4. The van der Waals surface area contributed by atoms with Crippen molar-refractivity contribution in [2.75, 3.05) is 13.1 Å². The molecule has 0 N–H and O–H groups in total. The molecule has 0 radical (unpaired) electrons. The van der Waals surface area contributed by atoms with Gasteiger partial charge in [0.1, 0.15) is 6.33 Å². The lowest BCUT2D eigenvalue weighted by atomic mass is 9.89. The molecule has 0 atom stereocenters. The minimum Gasteiger partial charge on any atom is -0.342 e. The molecule has 3 rings (SSSR count). The van der Waals surface area contributed by atoms with E-state index in [4.69, 9.17) is 0 Å². The van der Waals surface area contributed by atoms with E-state index >= 15 is 0 Å². The van der Waals surface area contributed by atoms with Crippen LogP contribution in [0.4, 0.5) is 0 Å². The molecule has 1 amide bonds. The molecule has 1 aliphatic heterocycles. The first kappa shape index (κ1) is 19.5. The van der Waals surface area contributed by atoms with E-state index in [1.165, 1.54) is 0 Å². The van der Waals surface area contributed by atoms with Crippen LogP contribution in [0.2, 0.25) is 0 Å². The molecule has 3 heterocycles. The summed E-state index contributed by atoms with van der Waals surface area (Å²) in [6.07, 6.45) is 7.54. The topological polar surface area (TPSA) is 63.9 Å². The molecule has 0 bridgehead atoms. The number of nitrogens with zero attached hydrogens (tertiary/aromatic N) is 5. The minimum absolute atomic E-state index is 0.259. The van der Waals surface area contributed by atoms with Crippen molar-refractivity contribution in [3.8, 4) is 11.4 Å². The maximum Gasteiger partial charge on any atom is 0.227 e. The standard InChI is InChI=1S/C21H31N5O/c1-5-10-26-19(6-9-24-26)18-14-17(22-15-23-18)13-16-7-11-25(12-8-16)20(27)21(2,3)4/h6,9,14-16H,5,7-8,10-13H2,1-4H3. The van der Waals surface area contributed by atoms with Crippen LogP contribution < -0.4 is 0 Å². The van der Waals surface area contributed by atoms with Gasteiger partial charge in [-0.2, -0.15) is 5.10 Å². The van der Waals surface area contributed by atoms with Gasteiger partial charge in [-0.05, 0) is 43.7 Å². The lowest BCUT2D eigenvalue weighted by Crippen LogP contribution is -2.44. The van der Waals surface area contributed by atoms with Gasteiger partial charge in [0.05, 0.1) is 11.4 Å². The van der Waals surface area contributed by atoms with Crippen molar-refractivity contribution in [1.29, 1.82) is 0 Å². The quantitative estimate of drug-likeness (QED) is 0.808. The van der Waals surface area contributed by atoms with Crippen LogP contribution in [0, 0.1) is 11.3 Å². The first-order valence-electron chi connectivity index (χ1n) is 10.0. The first-order chi connectivity index (χ1) is 12.9. The maximum absolute atomic E-state index is 12.4. The fourth-order valence-corrected chi connectivity index (χ4v) is 3.70. The molecule has 0 saturated carbocycles. The third kappa shape index (κ3) is 4.73. The second-order valence-corrected chi connectivity index (χ2v) is 8.52. The lowest BCUT2D eigenvalue weighted by Gasteiger charge is -2.35. The van der Waals surface area contributed by atoms with Crippen LogP contribution in [-0.2, 0) is 17.8 Å². The smallest absolute Gasteiger partial charge is 0.227 e. The molecule has 0 aliphatic carbocycles. The monoisotopic (exact) mass is 369 g/mol. The molecular formula is C21H31N5O. The van der Waals surface area contributed by atoms with Crippen molar-refractivity contribution >= 4 is 5.91 Å². The van der Waals surface area contributed by atoms with E-state index in [1.807, 2.05) is 42.6 Å². The number of piperidine rings is 1. The van der Waals surface area contributed by atoms with E-state index < -0.39 is 0 Å². The summed E-state index contributed by atoms with van der Waals surface area (Å²) in [6.45, 7) is 10.7. The largest absolute Gasteiger partial charge is 0.342 e. The first-order valence-corrected chi connectivity index (χ1v) is 10.0. The second-order valence-electron chi connectivity index (χ2n) is 8.52. The van der Waals surface area contributed by atoms with E-state index in [0.29, 0.717) is 5.92 Å². The van der Waals surface area contributed by atoms with Crippen molar-refractivity contribution in [1.82, 2.24) is 24.6 Å². The molecule has 27 heavy (non-hydrogen) atoms. The fourth-order valence-electron chi connectivity index (χ4n) is 3.70. The molecule has 1 fully saturated rings. The molecule has 6 heteroatoms. The van der Waals surface area contributed by atoms with Crippen LogP contribution in [-0.4, -0.2) is 43.6 Å². The van der Waals surface area contributed by atoms with Crippen LogP contribution in [0.3, 0.4) is 0 Å². The molecule has 2 aromatic rings.